The largest absolute Gasteiger partial charge is 0.295 e. The molecule has 0 bridgehead atoms. The van der Waals surface area contributed by atoms with Crippen molar-refractivity contribution in [2.24, 2.45) is 7.05 Å². The number of hydrogen-bond donors (Lipinski definition) is 0. The number of rotatable bonds is 5. The van der Waals surface area contributed by atoms with Crippen molar-refractivity contribution in [2.45, 2.75) is 53.4 Å². The fourth-order valence-corrected chi connectivity index (χ4v) is 6.74. The third-order valence-electron chi connectivity index (χ3n) is 7.84. The summed E-state index contributed by atoms with van der Waals surface area (Å²) in [7, 11) is 2.21. The lowest BCUT2D eigenvalue weighted by Crippen LogP contribution is -2.30. The van der Waals surface area contributed by atoms with Crippen LogP contribution in [0.1, 0.15) is 61.2 Å². The van der Waals surface area contributed by atoms with Gasteiger partial charge in [0.15, 0.2) is 11.0 Å². The summed E-state index contributed by atoms with van der Waals surface area (Å²) in [5, 5.41) is 1.10. The van der Waals surface area contributed by atoms with Crippen LogP contribution in [0.4, 0.5) is 0 Å². The zero-order chi connectivity index (χ0) is 27.4. The van der Waals surface area contributed by atoms with Gasteiger partial charge in [-0.25, -0.2) is 9.55 Å². The molecule has 6 aromatic rings. The van der Waals surface area contributed by atoms with Gasteiger partial charge in [0.1, 0.15) is 5.69 Å². The van der Waals surface area contributed by atoms with E-state index in [4.69, 9.17) is 4.98 Å². The van der Waals surface area contributed by atoms with E-state index in [1.165, 1.54) is 60.6 Å². The Morgan fingerprint density at radius 1 is 0.769 bits per heavy atom. The number of thiazole rings is 1. The molecule has 0 aliphatic rings. The molecule has 0 unspecified atom stereocenters. The Kier molecular flexibility index (Phi) is 6.39. The predicted octanol–water partition coefficient (Wildman–Crippen LogP) is 9.26. The molecule has 2 heterocycles. The van der Waals surface area contributed by atoms with Crippen molar-refractivity contribution >= 4 is 32.6 Å². The molecule has 0 saturated carbocycles. The van der Waals surface area contributed by atoms with E-state index in [1.807, 2.05) is 0 Å². The molecule has 39 heavy (non-hydrogen) atoms. The van der Waals surface area contributed by atoms with Gasteiger partial charge in [-0.15, -0.1) is 11.3 Å². The third kappa shape index (κ3) is 4.28. The second-order valence-electron chi connectivity index (χ2n) is 11.3. The van der Waals surface area contributed by atoms with Crippen molar-refractivity contribution < 1.29 is 4.57 Å². The number of aryl methyl sites for hydroxylation is 3. The maximum Gasteiger partial charge on any atom is 0.295 e. The highest BCUT2D eigenvalue weighted by atomic mass is 32.1. The van der Waals surface area contributed by atoms with Crippen molar-refractivity contribution in [3.63, 3.8) is 0 Å². The molecular weight excluding hydrogens is 494 g/mol. The van der Waals surface area contributed by atoms with Crippen LogP contribution >= 0.6 is 11.3 Å². The number of imidazole rings is 1. The van der Waals surface area contributed by atoms with E-state index >= 15 is 0 Å². The van der Waals surface area contributed by atoms with E-state index in [1.54, 1.807) is 11.3 Å². The minimum absolute atomic E-state index is 0.355. The molecule has 3 nitrogen and oxygen atoms in total. The normalized spacial score (nSPS) is 11.9. The van der Waals surface area contributed by atoms with Gasteiger partial charge in [-0.1, -0.05) is 70.2 Å². The molecule has 0 N–H and O–H groups in total. The van der Waals surface area contributed by atoms with Crippen LogP contribution in [-0.2, 0) is 7.05 Å². The molecular formula is C35H36N3S+. The smallest absolute Gasteiger partial charge is 0.242 e. The first-order valence-corrected chi connectivity index (χ1v) is 14.7. The van der Waals surface area contributed by atoms with Crippen LogP contribution in [0.3, 0.4) is 0 Å². The first kappa shape index (κ1) is 25.5. The molecule has 0 atom stereocenters. The second-order valence-corrected chi connectivity index (χ2v) is 12.5. The minimum Gasteiger partial charge on any atom is -0.242 e. The van der Waals surface area contributed by atoms with Crippen LogP contribution in [0.15, 0.2) is 78.9 Å². The van der Waals surface area contributed by atoms with E-state index < -0.39 is 0 Å². The number of nitrogens with zero attached hydrogens (tertiary/aromatic N) is 3. The van der Waals surface area contributed by atoms with Crippen molar-refractivity contribution in [2.75, 3.05) is 0 Å². The Bertz CT molecular complexity index is 1810. The Hall–Kier alpha value is -3.76. The Morgan fingerprint density at radius 2 is 1.41 bits per heavy atom. The summed E-state index contributed by atoms with van der Waals surface area (Å²) in [4.78, 5) is 4.77. The average Bonchev–Trinajstić information content (AvgIpc) is 3.43. The Labute approximate surface area is 235 Å². The predicted molar refractivity (Wildman–Crippen MR) is 166 cm³/mol. The maximum atomic E-state index is 4.77. The van der Waals surface area contributed by atoms with E-state index in [0.29, 0.717) is 11.8 Å². The standard InChI is InChI=1S/C35H36N3S/c1-21(2)27-18-26(25-13-9-8-10-14-25)19-28(22(3)4)34(27)38-32-16-12-11-15-31(32)37(7)35(38)29-20-33-30(17-23(29)5)36-24(6)39-33/h8-22H,1-7H3/q+1. The molecule has 196 valence electrons. The third-order valence-corrected chi connectivity index (χ3v) is 8.77. The van der Waals surface area contributed by atoms with Crippen LogP contribution in [0.2, 0.25) is 0 Å². The van der Waals surface area contributed by atoms with E-state index in [-0.39, 0.29) is 0 Å². The Balaban J connectivity index is 1.75. The van der Waals surface area contributed by atoms with Crippen molar-refractivity contribution in [1.82, 2.24) is 9.55 Å². The van der Waals surface area contributed by atoms with Gasteiger partial charge in [0.2, 0.25) is 0 Å². The summed E-state index contributed by atoms with van der Waals surface area (Å²) in [6, 6.07) is 29.0. The highest BCUT2D eigenvalue weighted by Crippen LogP contribution is 2.40. The lowest BCUT2D eigenvalue weighted by atomic mass is 9.88. The van der Waals surface area contributed by atoms with Crippen molar-refractivity contribution in [3.8, 4) is 28.2 Å². The van der Waals surface area contributed by atoms with E-state index in [2.05, 4.69) is 137 Å². The Morgan fingerprint density at radius 3 is 2.08 bits per heavy atom. The van der Waals surface area contributed by atoms with Gasteiger partial charge in [-0.2, -0.15) is 4.57 Å². The van der Waals surface area contributed by atoms with Gasteiger partial charge < -0.3 is 0 Å². The number of aromatic nitrogens is 3. The number of para-hydroxylation sites is 2. The lowest BCUT2D eigenvalue weighted by molar-refractivity contribution is -0.633. The van der Waals surface area contributed by atoms with Gasteiger partial charge in [0.05, 0.1) is 27.8 Å². The summed E-state index contributed by atoms with van der Waals surface area (Å²) >= 11 is 1.77. The summed E-state index contributed by atoms with van der Waals surface area (Å²) < 4.78 is 6.14. The number of fused-ring (bicyclic) bond motifs is 2. The first-order valence-electron chi connectivity index (χ1n) is 13.9. The number of hydrogen-bond acceptors (Lipinski definition) is 2. The highest BCUT2D eigenvalue weighted by molar-refractivity contribution is 7.18. The van der Waals surface area contributed by atoms with Crippen molar-refractivity contribution in [1.29, 1.82) is 0 Å². The number of benzene rings is 4. The maximum absolute atomic E-state index is 4.77. The molecule has 0 fully saturated rings. The zero-order valence-electron chi connectivity index (χ0n) is 23.9. The average molecular weight is 531 g/mol. The van der Waals surface area contributed by atoms with Crippen LogP contribution < -0.4 is 4.57 Å². The molecule has 0 spiro atoms. The first-order chi connectivity index (χ1) is 18.7. The SMILES string of the molecule is Cc1nc2cc(C)c(-c3n(-c4c(C(C)C)cc(-c5ccccc5)cc4C(C)C)c4ccccc4[n+]3C)cc2s1. The van der Waals surface area contributed by atoms with Crippen molar-refractivity contribution in [3.05, 3.63) is 101 Å². The molecule has 4 aromatic carbocycles. The second kappa shape index (κ2) is 9.77. The molecule has 0 radical (unpaired) electrons. The van der Waals surface area contributed by atoms with Gasteiger partial charge in [-0.3, -0.25) is 0 Å². The monoisotopic (exact) mass is 530 g/mol. The van der Waals surface area contributed by atoms with Crippen LogP contribution in [0, 0.1) is 13.8 Å². The molecule has 0 aliphatic carbocycles. The van der Waals surface area contributed by atoms with Gasteiger partial charge in [0.25, 0.3) is 5.82 Å². The summed E-state index contributed by atoms with van der Waals surface area (Å²) in [5.74, 6) is 1.92. The minimum atomic E-state index is 0.355. The van der Waals surface area contributed by atoms with Crippen LogP contribution in [0.5, 0.6) is 0 Å². The van der Waals surface area contributed by atoms with Crippen LogP contribution in [0.25, 0.3) is 49.5 Å². The molecule has 0 saturated heterocycles. The molecule has 2 aromatic heterocycles. The topological polar surface area (TPSA) is 21.7 Å². The molecule has 0 amide bonds. The lowest BCUT2D eigenvalue weighted by Gasteiger charge is -2.21. The zero-order valence-corrected chi connectivity index (χ0v) is 24.7. The van der Waals surface area contributed by atoms with E-state index in [9.17, 15) is 0 Å². The van der Waals surface area contributed by atoms with Gasteiger partial charge >= 0.3 is 0 Å². The fourth-order valence-electron chi connectivity index (χ4n) is 5.89. The quantitative estimate of drug-likeness (QED) is 0.204. The van der Waals surface area contributed by atoms with Gasteiger partial charge in [-0.05, 0) is 78.8 Å². The molecule has 0 aliphatic heterocycles. The molecule has 4 heteroatoms. The van der Waals surface area contributed by atoms with Crippen LogP contribution in [-0.4, -0.2) is 9.55 Å². The summed E-state index contributed by atoms with van der Waals surface area (Å²) in [5.41, 5.74) is 12.6. The summed E-state index contributed by atoms with van der Waals surface area (Å²) in [6.07, 6.45) is 0. The fraction of sp³-hybridized carbons (Fsp3) is 0.257. The highest BCUT2D eigenvalue weighted by Gasteiger charge is 2.32. The van der Waals surface area contributed by atoms with E-state index in [0.717, 1.165) is 10.5 Å². The summed E-state index contributed by atoms with van der Waals surface area (Å²) in [6.45, 7) is 13.6. The van der Waals surface area contributed by atoms with Gasteiger partial charge in [0, 0.05) is 11.1 Å². The molecule has 6 rings (SSSR count).